The summed E-state index contributed by atoms with van der Waals surface area (Å²) in [5, 5.41) is 3.32. The average molecular weight is 415 g/mol. The van der Waals surface area contributed by atoms with Gasteiger partial charge in [-0.3, -0.25) is 0 Å². The quantitative estimate of drug-likeness (QED) is 0.705. The van der Waals surface area contributed by atoms with Crippen LogP contribution in [-0.2, 0) is 6.54 Å². The normalized spacial score (nSPS) is 15.5. The van der Waals surface area contributed by atoms with Crippen molar-refractivity contribution in [3.63, 3.8) is 0 Å². The molecule has 25 heavy (non-hydrogen) atoms. The van der Waals surface area contributed by atoms with Crippen molar-refractivity contribution in [1.82, 2.24) is 4.98 Å². The van der Waals surface area contributed by atoms with Crippen molar-refractivity contribution in [1.29, 1.82) is 0 Å². The molecule has 4 rings (SSSR count). The molecule has 1 fully saturated rings. The molecule has 0 saturated carbocycles. The summed E-state index contributed by atoms with van der Waals surface area (Å²) in [6.07, 6.45) is 0. The highest BCUT2D eigenvalue weighted by Gasteiger charge is 2.21. The predicted octanol–water partition coefficient (Wildman–Crippen LogP) is 3.48. The Balaban J connectivity index is 1.36. The number of nitrogens with zero attached hydrogens (tertiary/aromatic N) is 2. The second-order valence-corrected chi connectivity index (χ2v) is 8.18. The van der Waals surface area contributed by atoms with E-state index in [2.05, 4.69) is 74.7 Å². The molecule has 1 N–H and O–H groups in total. The summed E-state index contributed by atoms with van der Waals surface area (Å²) in [6, 6.07) is 19.1. The van der Waals surface area contributed by atoms with Gasteiger partial charge in [0.05, 0.1) is 26.2 Å². The monoisotopic (exact) mass is 414 g/mol. The minimum Gasteiger partial charge on any atom is -0.360 e. The van der Waals surface area contributed by atoms with E-state index in [0.29, 0.717) is 0 Å². The van der Waals surface area contributed by atoms with Gasteiger partial charge in [-0.2, -0.15) is 0 Å². The number of anilines is 1. The van der Waals surface area contributed by atoms with Crippen LogP contribution in [0.2, 0.25) is 0 Å². The number of halogens is 1. The van der Waals surface area contributed by atoms with Crippen LogP contribution >= 0.6 is 27.3 Å². The molecular weight excluding hydrogens is 394 g/mol. The number of thiazole rings is 1. The van der Waals surface area contributed by atoms with Gasteiger partial charge in [-0.1, -0.05) is 46.3 Å². The number of para-hydroxylation sites is 1. The lowest BCUT2D eigenvalue weighted by Gasteiger charge is -2.33. The predicted molar refractivity (Wildman–Crippen MR) is 108 cm³/mol. The van der Waals surface area contributed by atoms with E-state index < -0.39 is 0 Å². The summed E-state index contributed by atoms with van der Waals surface area (Å²) in [4.78, 5) is 8.96. The molecule has 3 nitrogen and oxygen atoms in total. The molecule has 2 heterocycles. The molecule has 1 aromatic heterocycles. The molecule has 2 aromatic carbocycles. The SMILES string of the molecule is Brc1cccc(-c2nc(C[NH+]3CCN(c4ccccc4)CC3)cs2)c1. The Labute approximate surface area is 161 Å². The van der Waals surface area contributed by atoms with Crippen LogP contribution in [0, 0.1) is 0 Å². The molecule has 1 saturated heterocycles. The van der Waals surface area contributed by atoms with Crippen LogP contribution in [-0.4, -0.2) is 31.2 Å². The summed E-state index contributed by atoms with van der Waals surface area (Å²) >= 11 is 5.28. The molecule has 128 valence electrons. The van der Waals surface area contributed by atoms with Crippen molar-refractivity contribution in [3.8, 4) is 10.6 Å². The Morgan fingerprint density at radius 3 is 2.60 bits per heavy atom. The summed E-state index contributed by atoms with van der Waals surface area (Å²) < 4.78 is 1.10. The molecule has 0 unspecified atom stereocenters. The number of hydrogen-bond acceptors (Lipinski definition) is 3. The molecule has 1 aliphatic heterocycles. The van der Waals surface area contributed by atoms with Crippen LogP contribution in [0.15, 0.2) is 64.5 Å². The first-order valence-electron chi connectivity index (χ1n) is 8.62. The van der Waals surface area contributed by atoms with Crippen molar-refractivity contribution in [2.24, 2.45) is 0 Å². The minimum absolute atomic E-state index is 1.02. The van der Waals surface area contributed by atoms with Gasteiger partial charge in [0.1, 0.15) is 17.2 Å². The van der Waals surface area contributed by atoms with Gasteiger partial charge < -0.3 is 9.80 Å². The van der Waals surface area contributed by atoms with E-state index in [1.165, 1.54) is 30.0 Å². The molecule has 0 aliphatic carbocycles. The molecule has 3 aromatic rings. The van der Waals surface area contributed by atoms with Crippen LogP contribution in [0.25, 0.3) is 10.6 Å². The smallest absolute Gasteiger partial charge is 0.123 e. The highest BCUT2D eigenvalue weighted by molar-refractivity contribution is 9.10. The topological polar surface area (TPSA) is 20.6 Å². The van der Waals surface area contributed by atoms with Crippen LogP contribution in [0.3, 0.4) is 0 Å². The van der Waals surface area contributed by atoms with Crippen molar-refractivity contribution in [3.05, 3.63) is 70.1 Å². The van der Waals surface area contributed by atoms with Crippen molar-refractivity contribution < 1.29 is 4.90 Å². The van der Waals surface area contributed by atoms with Crippen LogP contribution < -0.4 is 9.80 Å². The van der Waals surface area contributed by atoms with Crippen LogP contribution in [0.5, 0.6) is 0 Å². The molecule has 0 spiro atoms. The number of quaternary nitrogens is 1. The third kappa shape index (κ3) is 4.11. The second-order valence-electron chi connectivity index (χ2n) is 6.40. The van der Waals surface area contributed by atoms with Gasteiger partial charge in [-0.15, -0.1) is 11.3 Å². The fraction of sp³-hybridized carbons (Fsp3) is 0.250. The minimum atomic E-state index is 1.02. The number of aromatic nitrogens is 1. The zero-order valence-electron chi connectivity index (χ0n) is 14.0. The number of nitrogens with one attached hydrogen (secondary N) is 1. The lowest BCUT2D eigenvalue weighted by atomic mass is 10.2. The molecule has 1 aliphatic rings. The second kappa shape index (κ2) is 7.68. The summed E-state index contributed by atoms with van der Waals surface area (Å²) in [7, 11) is 0. The van der Waals surface area contributed by atoms with Gasteiger partial charge in [0.15, 0.2) is 0 Å². The molecule has 0 bridgehead atoms. The first kappa shape index (κ1) is 16.8. The zero-order valence-corrected chi connectivity index (χ0v) is 16.4. The fourth-order valence-corrected chi connectivity index (χ4v) is 4.51. The number of hydrogen-bond donors (Lipinski definition) is 1. The summed E-state index contributed by atoms with van der Waals surface area (Å²) in [6.45, 7) is 5.58. The van der Waals surface area contributed by atoms with Gasteiger partial charge >= 0.3 is 0 Å². The Morgan fingerprint density at radius 1 is 1.04 bits per heavy atom. The maximum absolute atomic E-state index is 4.86. The van der Waals surface area contributed by atoms with E-state index in [1.807, 2.05) is 6.07 Å². The highest BCUT2D eigenvalue weighted by Crippen LogP contribution is 2.26. The van der Waals surface area contributed by atoms with E-state index in [9.17, 15) is 0 Å². The van der Waals surface area contributed by atoms with E-state index in [1.54, 1.807) is 16.2 Å². The third-order valence-corrected chi connectivity index (χ3v) is 6.08. The Morgan fingerprint density at radius 2 is 1.84 bits per heavy atom. The van der Waals surface area contributed by atoms with Gasteiger partial charge in [0, 0.05) is 21.1 Å². The third-order valence-electron chi connectivity index (χ3n) is 4.65. The molecule has 0 atom stereocenters. The number of piperazine rings is 1. The standard InChI is InChI=1S/C20H20BrN3S/c21-17-6-4-5-16(13-17)20-22-18(15-25-20)14-23-9-11-24(12-10-23)19-7-2-1-3-8-19/h1-8,13,15H,9-12,14H2/p+1. The van der Waals surface area contributed by atoms with Gasteiger partial charge in [0.25, 0.3) is 0 Å². The largest absolute Gasteiger partial charge is 0.360 e. The number of rotatable bonds is 4. The first-order valence-corrected chi connectivity index (χ1v) is 10.3. The molecule has 0 radical (unpaired) electrons. The average Bonchev–Trinajstić information content (AvgIpc) is 3.12. The summed E-state index contributed by atoms with van der Waals surface area (Å²) in [5.41, 5.74) is 3.74. The maximum Gasteiger partial charge on any atom is 0.123 e. The van der Waals surface area contributed by atoms with E-state index in [4.69, 9.17) is 4.98 Å². The molecule has 5 heteroatoms. The van der Waals surface area contributed by atoms with E-state index >= 15 is 0 Å². The highest BCUT2D eigenvalue weighted by atomic mass is 79.9. The van der Waals surface area contributed by atoms with Crippen molar-refractivity contribution in [2.45, 2.75) is 6.54 Å². The Hall–Kier alpha value is -1.69. The maximum atomic E-state index is 4.86. The Kier molecular flexibility index (Phi) is 5.15. The van der Waals surface area contributed by atoms with E-state index in [-0.39, 0.29) is 0 Å². The molecular formula is C20H21BrN3S+. The van der Waals surface area contributed by atoms with Gasteiger partial charge in [0.2, 0.25) is 0 Å². The van der Waals surface area contributed by atoms with Gasteiger partial charge in [-0.25, -0.2) is 4.98 Å². The van der Waals surface area contributed by atoms with Crippen molar-refractivity contribution >= 4 is 33.0 Å². The lowest BCUT2D eigenvalue weighted by molar-refractivity contribution is -0.914. The first-order chi connectivity index (χ1) is 12.3. The van der Waals surface area contributed by atoms with Crippen LogP contribution in [0.1, 0.15) is 5.69 Å². The fourth-order valence-electron chi connectivity index (χ4n) is 3.30. The molecule has 0 amide bonds. The van der Waals surface area contributed by atoms with E-state index in [0.717, 1.165) is 29.1 Å². The number of benzene rings is 2. The Bertz CT molecular complexity index is 826. The lowest BCUT2D eigenvalue weighted by Crippen LogP contribution is -3.13. The summed E-state index contributed by atoms with van der Waals surface area (Å²) in [5.74, 6) is 0. The van der Waals surface area contributed by atoms with Crippen molar-refractivity contribution in [2.75, 3.05) is 31.1 Å². The van der Waals surface area contributed by atoms with Gasteiger partial charge in [-0.05, 0) is 24.3 Å². The zero-order chi connectivity index (χ0) is 17.1. The van der Waals surface area contributed by atoms with Crippen LogP contribution in [0.4, 0.5) is 5.69 Å².